The summed E-state index contributed by atoms with van der Waals surface area (Å²) >= 11 is 0. The molecule has 138 valence electrons. The Morgan fingerprint density at radius 3 is 2.36 bits per heavy atom. The van der Waals surface area contributed by atoms with Crippen LogP contribution >= 0.6 is 0 Å². The van der Waals surface area contributed by atoms with Crippen LogP contribution in [0.5, 0.6) is 0 Å². The van der Waals surface area contributed by atoms with Crippen molar-refractivity contribution < 1.29 is 28.7 Å². The molecule has 0 spiro atoms. The molecule has 0 bridgehead atoms. The van der Waals surface area contributed by atoms with Crippen molar-refractivity contribution in [1.82, 2.24) is 10.8 Å². The molecule has 0 radical (unpaired) electrons. The van der Waals surface area contributed by atoms with Crippen molar-refractivity contribution in [2.24, 2.45) is 0 Å². The maximum atomic E-state index is 11.4. The molecule has 25 heavy (non-hydrogen) atoms. The first-order chi connectivity index (χ1) is 11.8. The van der Waals surface area contributed by atoms with E-state index in [4.69, 9.17) is 9.47 Å². The van der Waals surface area contributed by atoms with Crippen LogP contribution in [0.1, 0.15) is 32.8 Å². The van der Waals surface area contributed by atoms with Crippen LogP contribution in [0.4, 0.5) is 4.79 Å². The largest absolute Gasteiger partial charge is 0.459 e. The third-order valence-electron chi connectivity index (χ3n) is 2.66. The minimum absolute atomic E-state index is 0.0168. The van der Waals surface area contributed by atoms with Gasteiger partial charge in [-0.2, -0.15) is 0 Å². The quantitative estimate of drug-likeness (QED) is 0.333. The summed E-state index contributed by atoms with van der Waals surface area (Å²) in [6, 6.07) is 9.09. The summed E-state index contributed by atoms with van der Waals surface area (Å²) in [6.07, 6.45) is -0.888. The third kappa shape index (κ3) is 10.7. The average molecular weight is 352 g/mol. The molecule has 1 aromatic carbocycles. The molecule has 8 heteroatoms. The zero-order chi connectivity index (χ0) is 18.7. The number of ether oxygens (including phenoxy) is 2. The average Bonchev–Trinajstić information content (AvgIpc) is 2.54. The molecule has 0 aliphatic carbocycles. The van der Waals surface area contributed by atoms with Gasteiger partial charge in [-0.1, -0.05) is 30.3 Å². The lowest BCUT2D eigenvalue weighted by Crippen LogP contribution is -2.33. The number of nitrogens with one attached hydrogen (secondary N) is 2. The lowest BCUT2D eigenvalue weighted by atomic mass is 10.2. The van der Waals surface area contributed by atoms with E-state index in [1.54, 1.807) is 32.9 Å². The summed E-state index contributed by atoms with van der Waals surface area (Å²) in [5.74, 6) is -1.07. The molecular formula is C17H24N2O6. The second kappa shape index (κ2) is 10.3. The molecule has 1 amide bonds. The number of esters is 1. The highest BCUT2D eigenvalue weighted by molar-refractivity contribution is 5.74. The fraction of sp³-hybridized carbons (Fsp3) is 0.471. The molecule has 0 heterocycles. The Morgan fingerprint density at radius 1 is 1.04 bits per heavy atom. The lowest BCUT2D eigenvalue weighted by Gasteiger charge is -2.19. The van der Waals surface area contributed by atoms with Gasteiger partial charge in [0.05, 0.1) is 13.0 Å². The summed E-state index contributed by atoms with van der Waals surface area (Å²) in [4.78, 5) is 38.8. The monoisotopic (exact) mass is 352 g/mol. The van der Waals surface area contributed by atoms with Crippen LogP contribution in [0.15, 0.2) is 30.3 Å². The van der Waals surface area contributed by atoms with E-state index in [1.807, 2.05) is 23.7 Å². The minimum atomic E-state index is -0.862. The predicted molar refractivity (Wildman–Crippen MR) is 89.2 cm³/mol. The van der Waals surface area contributed by atoms with E-state index in [0.717, 1.165) is 5.56 Å². The number of carbonyl (C=O) groups excluding carboxylic acids is 3. The third-order valence-corrected chi connectivity index (χ3v) is 2.66. The molecule has 0 saturated carbocycles. The van der Waals surface area contributed by atoms with Gasteiger partial charge in [-0.05, 0) is 26.3 Å². The van der Waals surface area contributed by atoms with Crippen molar-refractivity contribution in [2.75, 3.05) is 13.1 Å². The smallest absolute Gasteiger partial charge is 0.441 e. The highest BCUT2D eigenvalue weighted by Gasteiger charge is 2.15. The molecule has 1 aromatic rings. The molecular weight excluding hydrogens is 328 g/mol. The van der Waals surface area contributed by atoms with Gasteiger partial charge in [0.15, 0.2) is 0 Å². The van der Waals surface area contributed by atoms with Crippen LogP contribution in [0, 0.1) is 0 Å². The van der Waals surface area contributed by atoms with Crippen LogP contribution in [-0.2, 0) is 30.5 Å². The number of amides is 1. The van der Waals surface area contributed by atoms with Crippen LogP contribution in [0.2, 0.25) is 0 Å². The zero-order valence-corrected chi connectivity index (χ0v) is 14.7. The van der Waals surface area contributed by atoms with Gasteiger partial charge in [0, 0.05) is 6.54 Å². The number of hydrogen-bond donors (Lipinski definition) is 2. The van der Waals surface area contributed by atoms with Crippen LogP contribution in [0.3, 0.4) is 0 Å². The number of benzene rings is 1. The Kier molecular flexibility index (Phi) is 8.42. The van der Waals surface area contributed by atoms with E-state index in [1.165, 1.54) is 0 Å². The van der Waals surface area contributed by atoms with Crippen molar-refractivity contribution in [3.05, 3.63) is 35.9 Å². The predicted octanol–water partition coefficient (Wildman–Crippen LogP) is 1.69. The first kappa shape index (κ1) is 20.4. The summed E-state index contributed by atoms with van der Waals surface area (Å²) < 4.78 is 9.97. The van der Waals surface area contributed by atoms with Gasteiger partial charge >= 0.3 is 18.0 Å². The summed E-state index contributed by atoms with van der Waals surface area (Å²) in [5, 5.41) is 2.75. The highest BCUT2D eigenvalue weighted by atomic mass is 16.7. The summed E-state index contributed by atoms with van der Waals surface area (Å²) in [7, 11) is 0. The fourth-order valence-corrected chi connectivity index (χ4v) is 1.66. The SMILES string of the molecule is CC(C)(C)OC(=O)CNCCC(=O)ONC(=O)OCc1ccccc1. The maximum Gasteiger partial charge on any atom is 0.441 e. The molecule has 1 rings (SSSR count). The van der Waals surface area contributed by atoms with E-state index in [9.17, 15) is 14.4 Å². The Balaban J connectivity index is 2.08. The Labute approximate surface area is 146 Å². The van der Waals surface area contributed by atoms with Crippen LogP contribution in [-0.4, -0.2) is 36.7 Å². The second-order valence-electron chi connectivity index (χ2n) is 6.15. The van der Waals surface area contributed by atoms with Crippen molar-refractivity contribution in [3.8, 4) is 0 Å². The highest BCUT2D eigenvalue weighted by Crippen LogP contribution is 2.06. The molecule has 0 aromatic heterocycles. The minimum Gasteiger partial charge on any atom is -0.459 e. The molecule has 0 unspecified atom stereocenters. The van der Waals surface area contributed by atoms with Crippen molar-refractivity contribution in [3.63, 3.8) is 0 Å². The maximum absolute atomic E-state index is 11.4. The zero-order valence-electron chi connectivity index (χ0n) is 14.7. The van der Waals surface area contributed by atoms with E-state index < -0.39 is 23.6 Å². The number of rotatable bonds is 7. The number of hydrogen-bond acceptors (Lipinski definition) is 7. The standard InChI is InChI=1S/C17H24N2O6/c1-17(2,3)24-15(21)11-18-10-9-14(20)25-19-16(22)23-12-13-7-5-4-6-8-13/h4-8,18H,9-12H2,1-3H3,(H,19,22). The first-order valence-electron chi connectivity index (χ1n) is 7.85. The van der Waals surface area contributed by atoms with Gasteiger partial charge < -0.3 is 19.6 Å². The molecule has 0 fully saturated rings. The lowest BCUT2D eigenvalue weighted by molar-refractivity contribution is -0.154. The van der Waals surface area contributed by atoms with Gasteiger partial charge in [-0.3, -0.25) is 4.79 Å². The Morgan fingerprint density at radius 2 is 1.72 bits per heavy atom. The molecule has 0 aliphatic heterocycles. The Bertz CT molecular complexity index is 568. The van der Waals surface area contributed by atoms with Crippen molar-refractivity contribution in [2.45, 2.75) is 39.4 Å². The van der Waals surface area contributed by atoms with Gasteiger partial charge in [0.1, 0.15) is 12.2 Å². The van der Waals surface area contributed by atoms with Gasteiger partial charge in [0.25, 0.3) is 0 Å². The summed E-state index contributed by atoms with van der Waals surface area (Å²) in [5.41, 5.74) is 2.16. The molecule has 8 nitrogen and oxygen atoms in total. The topological polar surface area (TPSA) is 103 Å². The van der Waals surface area contributed by atoms with E-state index in [-0.39, 0.29) is 26.1 Å². The van der Waals surface area contributed by atoms with Gasteiger partial charge in [0.2, 0.25) is 0 Å². The molecule has 2 N–H and O–H groups in total. The van der Waals surface area contributed by atoms with Crippen LogP contribution < -0.4 is 10.8 Å². The van der Waals surface area contributed by atoms with Gasteiger partial charge in [-0.15, -0.1) is 5.48 Å². The van der Waals surface area contributed by atoms with Gasteiger partial charge in [-0.25, -0.2) is 9.59 Å². The molecule has 0 atom stereocenters. The number of carbonyl (C=O) groups is 3. The van der Waals surface area contributed by atoms with Crippen LogP contribution in [0.25, 0.3) is 0 Å². The normalized spacial score (nSPS) is 10.7. The number of hydroxylamine groups is 1. The van der Waals surface area contributed by atoms with E-state index in [2.05, 4.69) is 10.2 Å². The van der Waals surface area contributed by atoms with E-state index >= 15 is 0 Å². The first-order valence-corrected chi connectivity index (χ1v) is 7.85. The van der Waals surface area contributed by atoms with Crippen molar-refractivity contribution >= 4 is 18.0 Å². The Hall–Kier alpha value is -2.61. The molecule has 0 saturated heterocycles. The molecule has 0 aliphatic rings. The second-order valence-corrected chi connectivity index (χ2v) is 6.15. The summed E-state index contributed by atoms with van der Waals surface area (Å²) in [6.45, 7) is 5.57. The fourth-order valence-electron chi connectivity index (χ4n) is 1.66. The van der Waals surface area contributed by atoms with Crippen molar-refractivity contribution in [1.29, 1.82) is 0 Å². The van der Waals surface area contributed by atoms with E-state index in [0.29, 0.717) is 0 Å².